The fraction of sp³-hybridized carbons (Fsp3) is 0.391. The largest absolute Gasteiger partial charge is 0.488 e. The highest BCUT2D eigenvalue weighted by molar-refractivity contribution is 9.10. The minimum Gasteiger partial charge on any atom is -0.488 e. The van der Waals surface area contributed by atoms with E-state index in [9.17, 15) is 14.9 Å². The molecule has 2 aliphatic rings. The van der Waals surface area contributed by atoms with Gasteiger partial charge in [0, 0.05) is 18.1 Å². The molecule has 2 aromatic rings. The highest BCUT2D eigenvalue weighted by Gasteiger charge is 2.64. The number of amides is 1. The predicted octanol–water partition coefficient (Wildman–Crippen LogP) is 5.21. The molecule has 1 N–H and O–H groups in total. The minimum atomic E-state index is -0.429. The molecule has 31 heavy (non-hydrogen) atoms. The van der Waals surface area contributed by atoms with Crippen LogP contribution in [0.15, 0.2) is 52.0 Å². The topological polar surface area (TPSA) is 93.8 Å². The van der Waals surface area contributed by atoms with Crippen LogP contribution in [-0.2, 0) is 11.4 Å². The lowest BCUT2D eigenvalue weighted by Gasteiger charge is -2.15. The molecule has 0 saturated heterocycles. The van der Waals surface area contributed by atoms with Crippen LogP contribution in [0.4, 0.5) is 5.69 Å². The number of benzene rings is 2. The average Bonchev–Trinajstić information content (AvgIpc) is 3.39. The normalized spacial score (nSPS) is 24.5. The maximum absolute atomic E-state index is 12.5. The second-order valence-corrected chi connectivity index (χ2v) is 9.33. The molecule has 8 heteroatoms. The van der Waals surface area contributed by atoms with E-state index in [2.05, 4.69) is 33.4 Å². The summed E-state index contributed by atoms with van der Waals surface area (Å²) in [6.07, 6.45) is 6.34. The van der Waals surface area contributed by atoms with Gasteiger partial charge in [-0.2, -0.15) is 5.10 Å². The molecule has 0 heterocycles. The maximum atomic E-state index is 12.5. The van der Waals surface area contributed by atoms with Crippen molar-refractivity contribution in [1.29, 1.82) is 0 Å². The number of hydrogen-bond acceptors (Lipinski definition) is 5. The van der Waals surface area contributed by atoms with Gasteiger partial charge in [0.1, 0.15) is 12.4 Å². The van der Waals surface area contributed by atoms with E-state index in [4.69, 9.17) is 4.74 Å². The molecule has 0 radical (unpaired) electrons. The summed E-state index contributed by atoms with van der Waals surface area (Å²) in [5, 5.41) is 14.9. The van der Waals surface area contributed by atoms with Gasteiger partial charge in [0.05, 0.1) is 15.6 Å². The van der Waals surface area contributed by atoms with E-state index < -0.39 is 4.92 Å². The third-order valence-electron chi connectivity index (χ3n) is 6.50. The number of nitro benzene ring substituents is 1. The SMILES string of the molecule is C[C@]12CCCC[C@@H]1[C@@H]2C(=O)N/N=C\c1ccc(OCc2ccc([N+](=O)[O-])cc2)c(Br)c1. The monoisotopic (exact) mass is 485 g/mol. The van der Waals surface area contributed by atoms with Gasteiger partial charge in [-0.15, -0.1) is 0 Å². The lowest BCUT2D eigenvalue weighted by molar-refractivity contribution is -0.384. The first kappa shape index (κ1) is 21.5. The lowest BCUT2D eigenvalue weighted by Crippen LogP contribution is -2.22. The number of hydrogen-bond donors (Lipinski definition) is 1. The summed E-state index contributed by atoms with van der Waals surface area (Å²) in [4.78, 5) is 22.8. The Balaban J connectivity index is 1.30. The molecule has 2 fully saturated rings. The van der Waals surface area contributed by atoms with Gasteiger partial charge >= 0.3 is 0 Å². The second-order valence-electron chi connectivity index (χ2n) is 8.47. The molecule has 2 saturated carbocycles. The summed E-state index contributed by atoms with van der Waals surface area (Å²) < 4.78 is 6.55. The van der Waals surface area contributed by atoms with Gasteiger partial charge in [-0.3, -0.25) is 14.9 Å². The Kier molecular flexibility index (Phi) is 6.09. The van der Waals surface area contributed by atoms with Gasteiger partial charge in [0.2, 0.25) is 5.91 Å². The number of fused-ring (bicyclic) bond motifs is 1. The number of halogens is 1. The Bertz CT molecular complexity index is 1020. The van der Waals surface area contributed by atoms with Gasteiger partial charge in [-0.05, 0) is 81.6 Å². The van der Waals surface area contributed by atoms with Crippen LogP contribution in [0.2, 0.25) is 0 Å². The summed E-state index contributed by atoms with van der Waals surface area (Å²) in [5.74, 6) is 1.27. The molecule has 7 nitrogen and oxygen atoms in total. The summed E-state index contributed by atoms with van der Waals surface area (Å²) in [7, 11) is 0. The van der Waals surface area contributed by atoms with Crippen LogP contribution in [0.25, 0.3) is 0 Å². The number of carbonyl (C=O) groups is 1. The summed E-state index contributed by atoms with van der Waals surface area (Å²) in [6.45, 7) is 2.51. The zero-order valence-electron chi connectivity index (χ0n) is 17.2. The predicted molar refractivity (Wildman–Crippen MR) is 121 cm³/mol. The minimum absolute atomic E-state index is 0.0211. The Morgan fingerprint density at radius 3 is 2.74 bits per heavy atom. The van der Waals surface area contributed by atoms with Crippen molar-refractivity contribution in [2.75, 3.05) is 0 Å². The Morgan fingerprint density at radius 2 is 2.10 bits per heavy atom. The molecule has 3 atom stereocenters. The van der Waals surface area contributed by atoms with Crippen molar-refractivity contribution >= 4 is 33.7 Å². The first-order valence-corrected chi connectivity index (χ1v) is 11.2. The quantitative estimate of drug-likeness (QED) is 0.330. The Hall–Kier alpha value is -2.74. The smallest absolute Gasteiger partial charge is 0.269 e. The van der Waals surface area contributed by atoms with Crippen LogP contribution in [0, 0.1) is 27.4 Å². The first-order chi connectivity index (χ1) is 14.9. The highest BCUT2D eigenvalue weighted by atomic mass is 79.9. The zero-order valence-corrected chi connectivity index (χ0v) is 18.8. The summed E-state index contributed by atoms with van der Waals surface area (Å²) >= 11 is 3.49. The van der Waals surface area contributed by atoms with E-state index in [0.29, 0.717) is 18.3 Å². The van der Waals surface area contributed by atoms with Crippen molar-refractivity contribution in [2.45, 2.75) is 39.2 Å². The Labute approximate surface area is 189 Å². The van der Waals surface area contributed by atoms with Gasteiger partial charge in [-0.1, -0.05) is 19.8 Å². The number of nitrogens with one attached hydrogen (secondary N) is 1. The van der Waals surface area contributed by atoms with Crippen molar-refractivity contribution in [3.8, 4) is 5.75 Å². The molecule has 2 aromatic carbocycles. The standard InChI is InChI=1S/C23H24BrN3O4/c1-23-11-3-2-4-18(23)21(23)22(28)26-25-13-16-7-10-20(19(24)12-16)31-14-15-5-8-17(9-6-15)27(29)30/h5-10,12-13,18,21H,2-4,11,14H2,1H3,(H,26,28)/b25-13-/t18-,21-,23+/m1/s1. The number of non-ortho nitro benzene ring substituents is 1. The number of ether oxygens (including phenoxy) is 1. The van der Waals surface area contributed by atoms with Crippen molar-refractivity contribution in [3.63, 3.8) is 0 Å². The van der Waals surface area contributed by atoms with Crippen LogP contribution in [-0.4, -0.2) is 17.0 Å². The van der Waals surface area contributed by atoms with Crippen LogP contribution < -0.4 is 10.2 Å². The fourth-order valence-electron chi connectivity index (χ4n) is 4.68. The van der Waals surface area contributed by atoms with E-state index in [1.54, 1.807) is 18.3 Å². The van der Waals surface area contributed by atoms with Crippen molar-refractivity contribution in [1.82, 2.24) is 5.43 Å². The maximum Gasteiger partial charge on any atom is 0.269 e. The summed E-state index contributed by atoms with van der Waals surface area (Å²) in [6, 6.07) is 11.8. The van der Waals surface area contributed by atoms with E-state index in [1.165, 1.54) is 25.0 Å². The van der Waals surface area contributed by atoms with Gasteiger partial charge in [0.25, 0.3) is 5.69 Å². The molecule has 162 valence electrons. The van der Waals surface area contributed by atoms with Crippen molar-refractivity contribution in [3.05, 3.63) is 68.2 Å². The van der Waals surface area contributed by atoms with E-state index in [1.807, 2.05) is 18.2 Å². The third-order valence-corrected chi connectivity index (χ3v) is 7.12. The lowest BCUT2D eigenvalue weighted by atomic mass is 9.90. The number of rotatable bonds is 7. The molecule has 0 spiro atoms. The van der Waals surface area contributed by atoms with Gasteiger partial charge < -0.3 is 4.74 Å². The molecular formula is C23H24BrN3O4. The number of carbonyl (C=O) groups excluding carboxylic acids is 1. The molecule has 2 aliphatic carbocycles. The fourth-order valence-corrected chi connectivity index (χ4v) is 5.19. The number of nitro groups is 1. The molecule has 4 rings (SSSR count). The molecule has 0 aromatic heterocycles. The molecular weight excluding hydrogens is 462 g/mol. The number of nitrogens with zero attached hydrogens (tertiary/aromatic N) is 2. The molecule has 0 aliphatic heterocycles. The number of hydrazone groups is 1. The molecule has 0 unspecified atom stereocenters. The van der Waals surface area contributed by atoms with Crippen molar-refractivity contribution < 1.29 is 14.5 Å². The molecule has 1 amide bonds. The molecule has 0 bridgehead atoms. The second kappa shape index (κ2) is 8.78. The van der Waals surface area contributed by atoms with Crippen molar-refractivity contribution in [2.24, 2.45) is 22.4 Å². The Morgan fingerprint density at radius 1 is 1.32 bits per heavy atom. The highest BCUT2D eigenvalue weighted by Crippen LogP contribution is 2.66. The zero-order chi connectivity index (χ0) is 22.0. The van der Waals surface area contributed by atoms with E-state index in [-0.39, 0.29) is 22.9 Å². The van der Waals surface area contributed by atoms with Crippen LogP contribution in [0.1, 0.15) is 43.7 Å². The first-order valence-electron chi connectivity index (χ1n) is 10.4. The van der Waals surface area contributed by atoms with Crippen LogP contribution in [0.5, 0.6) is 5.75 Å². The average molecular weight is 486 g/mol. The van der Waals surface area contributed by atoms with E-state index in [0.717, 1.165) is 28.4 Å². The van der Waals surface area contributed by atoms with E-state index >= 15 is 0 Å². The van der Waals surface area contributed by atoms with Gasteiger partial charge in [0.15, 0.2) is 0 Å². The third kappa shape index (κ3) is 4.63. The van der Waals surface area contributed by atoms with Gasteiger partial charge in [-0.25, -0.2) is 5.43 Å². The van der Waals surface area contributed by atoms with Crippen LogP contribution >= 0.6 is 15.9 Å². The van der Waals surface area contributed by atoms with Crippen LogP contribution in [0.3, 0.4) is 0 Å². The summed E-state index contributed by atoms with van der Waals surface area (Å²) in [5.41, 5.74) is 4.59.